The van der Waals surface area contributed by atoms with Crippen molar-refractivity contribution in [2.24, 2.45) is 0 Å². The maximum atomic E-state index is 4.67. The first-order valence-electron chi connectivity index (χ1n) is 9.87. The second-order valence-corrected chi connectivity index (χ2v) is 8.39. The highest BCUT2D eigenvalue weighted by Gasteiger charge is 2.13. The Labute approximate surface area is 173 Å². The van der Waals surface area contributed by atoms with Crippen LogP contribution in [-0.4, -0.2) is 47.0 Å². The van der Waals surface area contributed by atoms with Gasteiger partial charge < -0.3 is 15.5 Å². The molecule has 3 aromatic rings. The van der Waals surface area contributed by atoms with Crippen LogP contribution in [0.15, 0.2) is 54.9 Å². The van der Waals surface area contributed by atoms with E-state index in [-0.39, 0.29) is 5.41 Å². The molecule has 152 valence electrons. The van der Waals surface area contributed by atoms with Gasteiger partial charge in [-0.15, -0.1) is 0 Å². The number of hydrogen-bond donors (Lipinski definition) is 2. The molecule has 6 nitrogen and oxygen atoms in total. The van der Waals surface area contributed by atoms with Crippen molar-refractivity contribution in [3.05, 3.63) is 60.4 Å². The summed E-state index contributed by atoms with van der Waals surface area (Å²) in [6, 6.07) is 14.3. The summed E-state index contributed by atoms with van der Waals surface area (Å²) >= 11 is 0. The normalized spacial score (nSPS) is 11.5. The van der Waals surface area contributed by atoms with Gasteiger partial charge in [0.15, 0.2) is 0 Å². The van der Waals surface area contributed by atoms with Crippen molar-refractivity contribution in [3.63, 3.8) is 0 Å². The Kier molecular flexibility index (Phi) is 6.44. The van der Waals surface area contributed by atoms with Gasteiger partial charge in [0.05, 0.1) is 5.69 Å². The zero-order valence-electron chi connectivity index (χ0n) is 17.9. The van der Waals surface area contributed by atoms with E-state index in [1.54, 1.807) is 6.20 Å². The maximum absolute atomic E-state index is 4.67. The van der Waals surface area contributed by atoms with Crippen molar-refractivity contribution >= 4 is 17.5 Å². The molecule has 0 saturated carbocycles. The van der Waals surface area contributed by atoms with Crippen molar-refractivity contribution in [3.8, 4) is 11.3 Å². The molecule has 0 radical (unpaired) electrons. The molecule has 0 aliphatic rings. The topological polar surface area (TPSA) is 66.0 Å². The number of aromatic nitrogens is 3. The number of hydrogen-bond acceptors (Lipinski definition) is 6. The van der Waals surface area contributed by atoms with Crippen molar-refractivity contribution in [2.45, 2.75) is 26.2 Å². The molecule has 1 aromatic carbocycles. The minimum atomic E-state index is 0.129. The Balaban J connectivity index is 1.86. The molecule has 0 unspecified atom stereocenters. The first-order chi connectivity index (χ1) is 13.8. The largest absolute Gasteiger partial charge is 0.353 e. The molecule has 0 amide bonds. The number of benzene rings is 1. The van der Waals surface area contributed by atoms with Gasteiger partial charge in [-0.25, -0.2) is 4.98 Å². The van der Waals surface area contributed by atoms with Gasteiger partial charge in [0.2, 0.25) is 5.95 Å². The highest BCUT2D eigenvalue weighted by Crippen LogP contribution is 2.26. The van der Waals surface area contributed by atoms with E-state index in [1.807, 2.05) is 38.5 Å². The molecule has 0 bridgehead atoms. The fourth-order valence-electron chi connectivity index (χ4n) is 2.85. The Morgan fingerprint density at radius 3 is 2.38 bits per heavy atom. The van der Waals surface area contributed by atoms with Gasteiger partial charge in [0.1, 0.15) is 5.82 Å². The average molecular weight is 391 g/mol. The average Bonchev–Trinajstić information content (AvgIpc) is 2.68. The molecule has 2 heterocycles. The predicted molar refractivity (Wildman–Crippen MR) is 121 cm³/mol. The first-order valence-corrected chi connectivity index (χ1v) is 9.87. The van der Waals surface area contributed by atoms with Gasteiger partial charge >= 0.3 is 0 Å². The molecule has 0 aliphatic heterocycles. The van der Waals surface area contributed by atoms with Crippen LogP contribution < -0.4 is 10.6 Å². The minimum Gasteiger partial charge on any atom is -0.353 e. The van der Waals surface area contributed by atoms with Gasteiger partial charge in [-0.1, -0.05) is 32.9 Å². The molecular weight excluding hydrogens is 360 g/mol. The number of nitrogens with one attached hydrogen (secondary N) is 2. The predicted octanol–water partition coefficient (Wildman–Crippen LogP) is 4.55. The summed E-state index contributed by atoms with van der Waals surface area (Å²) < 4.78 is 0. The molecule has 2 aromatic heterocycles. The SMILES string of the molecule is CN(C)CCNc1nc(Nc2ccc(C(C)(C)C)cc2)cc(-c2cccnc2)n1. The van der Waals surface area contributed by atoms with Crippen LogP contribution in [0.25, 0.3) is 11.3 Å². The van der Waals surface area contributed by atoms with E-state index in [0.717, 1.165) is 35.9 Å². The second-order valence-electron chi connectivity index (χ2n) is 8.39. The van der Waals surface area contributed by atoms with E-state index >= 15 is 0 Å². The molecule has 2 N–H and O–H groups in total. The summed E-state index contributed by atoms with van der Waals surface area (Å²) in [4.78, 5) is 15.7. The molecule has 6 heteroatoms. The molecule has 0 saturated heterocycles. The molecule has 0 aliphatic carbocycles. The lowest BCUT2D eigenvalue weighted by molar-refractivity contribution is 0.425. The standard InChI is InChI=1S/C23H30N6/c1-23(2,3)18-8-10-19(11-9-18)26-21-15-20(17-7-6-12-24-16-17)27-22(28-21)25-13-14-29(4)5/h6-12,15-16H,13-14H2,1-5H3,(H2,25,26,27,28). The van der Waals surface area contributed by atoms with Crippen LogP contribution in [0.4, 0.5) is 17.5 Å². The molecule has 29 heavy (non-hydrogen) atoms. The van der Waals surface area contributed by atoms with E-state index < -0.39 is 0 Å². The van der Waals surface area contributed by atoms with Gasteiger partial charge in [0, 0.05) is 42.8 Å². The fraction of sp³-hybridized carbons (Fsp3) is 0.348. The van der Waals surface area contributed by atoms with E-state index in [1.165, 1.54) is 5.56 Å². The Morgan fingerprint density at radius 1 is 1.00 bits per heavy atom. The van der Waals surface area contributed by atoms with Crippen LogP contribution >= 0.6 is 0 Å². The lowest BCUT2D eigenvalue weighted by Gasteiger charge is -2.19. The zero-order chi connectivity index (χ0) is 20.9. The smallest absolute Gasteiger partial charge is 0.225 e. The van der Waals surface area contributed by atoms with Gasteiger partial charge in [-0.3, -0.25) is 4.98 Å². The third-order valence-electron chi connectivity index (χ3n) is 4.55. The van der Waals surface area contributed by atoms with Crippen molar-refractivity contribution in [1.82, 2.24) is 19.9 Å². The molecule has 0 fully saturated rings. The van der Waals surface area contributed by atoms with Crippen LogP contribution in [-0.2, 0) is 5.41 Å². The number of likely N-dealkylation sites (N-methyl/N-ethyl adjacent to an activating group) is 1. The molecule has 0 spiro atoms. The van der Waals surface area contributed by atoms with Gasteiger partial charge in [0.25, 0.3) is 0 Å². The van der Waals surface area contributed by atoms with Crippen LogP contribution in [0.2, 0.25) is 0 Å². The number of rotatable bonds is 7. The monoisotopic (exact) mass is 390 g/mol. The number of nitrogens with zero attached hydrogens (tertiary/aromatic N) is 4. The summed E-state index contributed by atoms with van der Waals surface area (Å²) in [6.07, 6.45) is 3.57. The summed E-state index contributed by atoms with van der Waals surface area (Å²) in [5.41, 5.74) is 4.21. The Hall–Kier alpha value is -2.99. The summed E-state index contributed by atoms with van der Waals surface area (Å²) in [7, 11) is 4.09. The third kappa shape index (κ3) is 5.99. The number of pyridine rings is 1. The molecule has 3 rings (SSSR count). The van der Waals surface area contributed by atoms with E-state index in [0.29, 0.717) is 5.95 Å². The van der Waals surface area contributed by atoms with Crippen LogP contribution in [0.1, 0.15) is 26.3 Å². The second kappa shape index (κ2) is 9.01. The van der Waals surface area contributed by atoms with E-state index in [9.17, 15) is 0 Å². The minimum absolute atomic E-state index is 0.129. The summed E-state index contributed by atoms with van der Waals surface area (Å²) in [5, 5.41) is 6.73. The summed E-state index contributed by atoms with van der Waals surface area (Å²) in [5.74, 6) is 1.34. The highest BCUT2D eigenvalue weighted by atomic mass is 15.2. The first kappa shape index (κ1) is 20.7. The zero-order valence-corrected chi connectivity index (χ0v) is 17.9. The summed E-state index contributed by atoms with van der Waals surface area (Å²) in [6.45, 7) is 8.31. The number of anilines is 3. The van der Waals surface area contributed by atoms with E-state index in [2.05, 4.69) is 75.5 Å². The maximum Gasteiger partial charge on any atom is 0.225 e. The van der Waals surface area contributed by atoms with Crippen molar-refractivity contribution < 1.29 is 0 Å². The molecule has 0 atom stereocenters. The van der Waals surface area contributed by atoms with Crippen molar-refractivity contribution in [2.75, 3.05) is 37.8 Å². The van der Waals surface area contributed by atoms with Crippen molar-refractivity contribution in [1.29, 1.82) is 0 Å². The van der Waals surface area contributed by atoms with Crippen LogP contribution in [0, 0.1) is 0 Å². The fourth-order valence-corrected chi connectivity index (χ4v) is 2.85. The Bertz CT molecular complexity index is 914. The van der Waals surface area contributed by atoms with Gasteiger partial charge in [-0.2, -0.15) is 4.98 Å². The van der Waals surface area contributed by atoms with E-state index in [4.69, 9.17) is 0 Å². The quantitative estimate of drug-likeness (QED) is 0.617. The molecular formula is C23H30N6. The Morgan fingerprint density at radius 2 is 1.76 bits per heavy atom. The lowest BCUT2D eigenvalue weighted by atomic mass is 9.87. The third-order valence-corrected chi connectivity index (χ3v) is 4.55. The van der Waals surface area contributed by atoms with Gasteiger partial charge in [-0.05, 0) is 49.3 Å². The van der Waals surface area contributed by atoms with Crippen LogP contribution in [0.5, 0.6) is 0 Å². The highest BCUT2D eigenvalue weighted by molar-refractivity contribution is 5.67. The lowest BCUT2D eigenvalue weighted by Crippen LogP contribution is -2.21. The van der Waals surface area contributed by atoms with Crippen LogP contribution in [0.3, 0.4) is 0 Å².